The standard InChI is InChI=1S/C14H23N3O4/c1-11-3-5-17(10-11)14(20)13(19)15-4-2-12(18)16-6-8-21-9-7-16/h11H,2-10H2,1H3,(H,15,19)/t11-/m0/s1. The molecule has 2 saturated heterocycles. The Morgan fingerprint density at radius 1 is 1.14 bits per heavy atom. The normalized spacial score (nSPS) is 22.2. The molecule has 0 aromatic carbocycles. The van der Waals surface area contributed by atoms with Crippen molar-refractivity contribution >= 4 is 17.7 Å². The lowest BCUT2D eigenvalue weighted by Gasteiger charge is -2.26. The third kappa shape index (κ3) is 4.42. The van der Waals surface area contributed by atoms with E-state index in [0.717, 1.165) is 6.42 Å². The van der Waals surface area contributed by atoms with E-state index in [9.17, 15) is 14.4 Å². The van der Waals surface area contributed by atoms with Crippen molar-refractivity contribution in [2.24, 2.45) is 5.92 Å². The van der Waals surface area contributed by atoms with Gasteiger partial charge in [-0.25, -0.2) is 0 Å². The van der Waals surface area contributed by atoms with E-state index in [1.165, 1.54) is 0 Å². The predicted octanol–water partition coefficient (Wildman–Crippen LogP) is -0.780. The van der Waals surface area contributed by atoms with E-state index in [4.69, 9.17) is 4.74 Å². The molecule has 118 valence electrons. The molecule has 0 aromatic rings. The minimum absolute atomic E-state index is 0.0131. The molecule has 2 heterocycles. The Kier molecular flexibility index (Phi) is 5.55. The van der Waals surface area contributed by atoms with E-state index in [-0.39, 0.29) is 18.9 Å². The molecule has 0 radical (unpaired) electrons. The number of hydrogen-bond acceptors (Lipinski definition) is 4. The van der Waals surface area contributed by atoms with Gasteiger partial charge in [-0.3, -0.25) is 14.4 Å². The molecule has 2 fully saturated rings. The molecule has 1 N–H and O–H groups in total. The number of nitrogens with one attached hydrogen (secondary N) is 1. The maximum atomic E-state index is 11.9. The zero-order valence-electron chi connectivity index (χ0n) is 12.5. The van der Waals surface area contributed by atoms with Gasteiger partial charge in [-0.15, -0.1) is 0 Å². The zero-order valence-corrected chi connectivity index (χ0v) is 12.5. The summed E-state index contributed by atoms with van der Waals surface area (Å²) in [6, 6.07) is 0. The van der Waals surface area contributed by atoms with Crippen LogP contribution in [0.3, 0.4) is 0 Å². The molecular formula is C14H23N3O4. The number of hydrogen-bond donors (Lipinski definition) is 1. The molecule has 2 aliphatic rings. The van der Waals surface area contributed by atoms with Gasteiger partial charge in [0.05, 0.1) is 13.2 Å². The number of amides is 3. The first-order valence-corrected chi connectivity index (χ1v) is 7.50. The number of carbonyl (C=O) groups is 3. The van der Waals surface area contributed by atoms with Crippen molar-refractivity contribution in [3.05, 3.63) is 0 Å². The summed E-state index contributed by atoms with van der Waals surface area (Å²) in [6.07, 6.45) is 1.16. The summed E-state index contributed by atoms with van der Waals surface area (Å²) in [4.78, 5) is 38.8. The molecule has 7 heteroatoms. The minimum Gasteiger partial charge on any atom is -0.378 e. The van der Waals surface area contributed by atoms with Gasteiger partial charge in [0.25, 0.3) is 0 Å². The van der Waals surface area contributed by atoms with Crippen molar-refractivity contribution in [2.45, 2.75) is 19.8 Å². The van der Waals surface area contributed by atoms with Crippen LogP contribution >= 0.6 is 0 Å². The molecule has 0 bridgehead atoms. The van der Waals surface area contributed by atoms with Crippen molar-refractivity contribution in [1.82, 2.24) is 15.1 Å². The molecule has 2 rings (SSSR count). The Morgan fingerprint density at radius 3 is 2.48 bits per heavy atom. The number of nitrogens with zero attached hydrogens (tertiary/aromatic N) is 2. The minimum atomic E-state index is -0.612. The smallest absolute Gasteiger partial charge is 0.311 e. The van der Waals surface area contributed by atoms with E-state index >= 15 is 0 Å². The van der Waals surface area contributed by atoms with E-state index in [2.05, 4.69) is 12.2 Å². The van der Waals surface area contributed by atoms with Gasteiger partial charge in [0.15, 0.2) is 0 Å². The van der Waals surface area contributed by atoms with Gasteiger partial charge < -0.3 is 19.9 Å². The molecule has 2 aliphatic heterocycles. The first-order chi connectivity index (χ1) is 10.1. The van der Waals surface area contributed by atoms with Gasteiger partial charge >= 0.3 is 11.8 Å². The fourth-order valence-electron chi connectivity index (χ4n) is 2.59. The van der Waals surface area contributed by atoms with Gasteiger partial charge in [0, 0.05) is 39.1 Å². The highest BCUT2D eigenvalue weighted by atomic mass is 16.5. The molecule has 0 unspecified atom stereocenters. The molecule has 1 atom stereocenters. The first kappa shape index (κ1) is 15.8. The maximum Gasteiger partial charge on any atom is 0.311 e. The lowest BCUT2D eigenvalue weighted by Crippen LogP contribution is -2.44. The maximum absolute atomic E-state index is 11.9. The van der Waals surface area contributed by atoms with Crippen LogP contribution in [0.2, 0.25) is 0 Å². The highest BCUT2D eigenvalue weighted by Crippen LogP contribution is 2.14. The van der Waals surface area contributed by atoms with Crippen LogP contribution in [0.5, 0.6) is 0 Å². The Morgan fingerprint density at radius 2 is 1.86 bits per heavy atom. The third-order valence-corrected chi connectivity index (χ3v) is 3.89. The van der Waals surface area contributed by atoms with Crippen LogP contribution in [0.25, 0.3) is 0 Å². The van der Waals surface area contributed by atoms with Gasteiger partial charge in [-0.05, 0) is 12.3 Å². The summed E-state index contributed by atoms with van der Waals surface area (Å²) in [5.74, 6) is -0.664. The van der Waals surface area contributed by atoms with Crippen molar-refractivity contribution < 1.29 is 19.1 Å². The molecule has 7 nitrogen and oxygen atoms in total. The van der Waals surface area contributed by atoms with Gasteiger partial charge in [-0.2, -0.15) is 0 Å². The topological polar surface area (TPSA) is 79.0 Å². The molecule has 0 aliphatic carbocycles. The van der Waals surface area contributed by atoms with Gasteiger partial charge in [0.2, 0.25) is 5.91 Å². The highest BCUT2D eigenvalue weighted by Gasteiger charge is 2.27. The molecule has 0 spiro atoms. The molecule has 3 amide bonds. The number of likely N-dealkylation sites (tertiary alicyclic amines) is 1. The molecular weight excluding hydrogens is 274 g/mol. The number of rotatable bonds is 3. The van der Waals surface area contributed by atoms with Crippen molar-refractivity contribution in [1.29, 1.82) is 0 Å². The van der Waals surface area contributed by atoms with Gasteiger partial charge in [-0.1, -0.05) is 6.92 Å². The Balaban J connectivity index is 1.66. The summed E-state index contributed by atoms with van der Waals surface area (Å²) >= 11 is 0. The van der Waals surface area contributed by atoms with Crippen LogP contribution in [-0.4, -0.2) is 73.5 Å². The lowest BCUT2D eigenvalue weighted by molar-refractivity contribution is -0.145. The molecule has 0 saturated carbocycles. The average Bonchev–Trinajstić information content (AvgIpc) is 2.93. The predicted molar refractivity (Wildman–Crippen MR) is 75.4 cm³/mol. The van der Waals surface area contributed by atoms with Gasteiger partial charge in [0.1, 0.15) is 0 Å². The first-order valence-electron chi connectivity index (χ1n) is 7.50. The van der Waals surface area contributed by atoms with Crippen LogP contribution in [0.4, 0.5) is 0 Å². The van der Waals surface area contributed by atoms with Crippen LogP contribution in [0.15, 0.2) is 0 Å². The van der Waals surface area contributed by atoms with Crippen LogP contribution in [0, 0.1) is 5.92 Å². The largest absolute Gasteiger partial charge is 0.378 e. The zero-order chi connectivity index (χ0) is 15.2. The van der Waals surface area contributed by atoms with E-state index < -0.39 is 11.8 Å². The van der Waals surface area contributed by atoms with E-state index in [0.29, 0.717) is 45.3 Å². The number of ether oxygens (including phenoxy) is 1. The monoisotopic (exact) mass is 297 g/mol. The summed E-state index contributed by atoms with van der Waals surface area (Å²) in [5, 5.41) is 2.54. The SMILES string of the molecule is C[C@H]1CCN(C(=O)C(=O)NCCC(=O)N2CCOCC2)C1. The van der Waals surface area contributed by atoms with Crippen LogP contribution < -0.4 is 5.32 Å². The Labute approximate surface area is 124 Å². The Bertz CT molecular complexity index is 407. The number of morpholine rings is 1. The van der Waals surface area contributed by atoms with E-state index in [1.807, 2.05) is 0 Å². The average molecular weight is 297 g/mol. The van der Waals surface area contributed by atoms with Crippen LogP contribution in [0.1, 0.15) is 19.8 Å². The second-order valence-corrected chi connectivity index (χ2v) is 5.64. The van der Waals surface area contributed by atoms with Crippen molar-refractivity contribution in [2.75, 3.05) is 45.9 Å². The summed E-state index contributed by atoms with van der Waals surface area (Å²) < 4.78 is 5.18. The second-order valence-electron chi connectivity index (χ2n) is 5.64. The van der Waals surface area contributed by atoms with Crippen molar-refractivity contribution in [3.63, 3.8) is 0 Å². The lowest BCUT2D eigenvalue weighted by atomic mass is 10.2. The van der Waals surface area contributed by atoms with E-state index in [1.54, 1.807) is 9.80 Å². The molecule has 21 heavy (non-hydrogen) atoms. The Hall–Kier alpha value is -1.63. The molecule has 0 aromatic heterocycles. The fourth-order valence-corrected chi connectivity index (χ4v) is 2.59. The summed E-state index contributed by atoms with van der Waals surface area (Å²) in [6.45, 7) is 5.84. The quantitative estimate of drug-likeness (QED) is 0.693. The third-order valence-electron chi connectivity index (χ3n) is 3.89. The fraction of sp³-hybridized carbons (Fsp3) is 0.786. The summed E-state index contributed by atoms with van der Waals surface area (Å²) in [5.41, 5.74) is 0. The summed E-state index contributed by atoms with van der Waals surface area (Å²) in [7, 11) is 0. The number of carbonyl (C=O) groups excluding carboxylic acids is 3. The van der Waals surface area contributed by atoms with Crippen molar-refractivity contribution in [3.8, 4) is 0 Å². The van der Waals surface area contributed by atoms with Crippen LogP contribution in [-0.2, 0) is 19.1 Å². The highest BCUT2D eigenvalue weighted by molar-refractivity contribution is 6.35. The second kappa shape index (κ2) is 7.40.